The highest BCUT2D eigenvalue weighted by atomic mass is 19.1. The lowest BCUT2D eigenvalue weighted by Crippen LogP contribution is -2.31. The molecule has 5 heteroatoms. The molecule has 0 unspecified atom stereocenters. The molecule has 98 valence electrons. The predicted molar refractivity (Wildman–Crippen MR) is 66.0 cm³/mol. The van der Waals surface area contributed by atoms with Crippen molar-refractivity contribution >= 4 is 5.91 Å². The number of benzene rings is 1. The summed E-state index contributed by atoms with van der Waals surface area (Å²) in [6.07, 6.45) is 3.09. The first-order valence-electron chi connectivity index (χ1n) is 6.17. The molecule has 4 nitrogen and oxygen atoms in total. The summed E-state index contributed by atoms with van der Waals surface area (Å²) in [5.74, 6) is -1.60. The van der Waals surface area contributed by atoms with E-state index in [0.29, 0.717) is 12.6 Å². The van der Waals surface area contributed by atoms with Crippen LogP contribution in [0.1, 0.15) is 29.6 Å². The third kappa shape index (κ3) is 2.98. The van der Waals surface area contributed by atoms with Gasteiger partial charge in [-0.15, -0.1) is 0 Å². The van der Waals surface area contributed by atoms with Crippen LogP contribution in [0, 0.1) is 5.82 Å². The minimum Gasteiger partial charge on any atom is -0.507 e. The number of phenols is 1. The molecule has 1 fully saturated rings. The van der Waals surface area contributed by atoms with Gasteiger partial charge in [-0.2, -0.15) is 0 Å². The third-order valence-corrected chi connectivity index (χ3v) is 3.16. The molecule has 0 spiro atoms. The number of carbonyl (C=O) groups excluding carboxylic acids is 1. The topological polar surface area (TPSA) is 61.4 Å². The molecular formula is C13H17FN2O2. The molecule has 3 N–H and O–H groups in total. The molecule has 1 amide bonds. The monoisotopic (exact) mass is 252 g/mol. The first-order chi connectivity index (χ1) is 8.68. The molecule has 0 aliphatic carbocycles. The number of hydrogen-bond donors (Lipinski definition) is 3. The zero-order chi connectivity index (χ0) is 13.0. The average molecular weight is 252 g/mol. The lowest BCUT2D eigenvalue weighted by atomic mass is 10.1. The van der Waals surface area contributed by atoms with E-state index in [1.54, 1.807) is 0 Å². The Labute approximate surface area is 105 Å². The fourth-order valence-electron chi connectivity index (χ4n) is 2.19. The van der Waals surface area contributed by atoms with E-state index in [9.17, 15) is 14.3 Å². The zero-order valence-electron chi connectivity index (χ0n) is 10.1. The van der Waals surface area contributed by atoms with E-state index in [-0.39, 0.29) is 11.3 Å². The third-order valence-electron chi connectivity index (χ3n) is 3.16. The lowest BCUT2D eigenvalue weighted by Gasteiger charge is -2.11. The number of rotatable bonds is 4. The molecule has 1 aromatic rings. The first kappa shape index (κ1) is 12.8. The van der Waals surface area contributed by atoms with Crippen LogP contribution in [0.25, 0.3) is 0 Å². The Morgan fingerprint density at radius 3 is 3.06 bits per heavy atom. The molecule has 1 saturated heterocycles. The van der Waals surface area contributed by atoms with Crippen LogP contribution in [0.4, 0.5) is 4.39 Å². The van der Waals surface area contributed by atoms with E-state index in [4.69, 9.17) is 0 Å². The highest BCUT2D eigenvalue weighted by Gasteiger charge is 2.17. The quantitative estimate of drug-likeness (QED) is 0.759. The van der Waals surface area contributed by atoms with Gasteiger partial charge >= 0.3 is 0 Å². The SMILES string of the molecule is O=C(NCC[C@@H]1CCCN1)c1c(O)cccc1F. The van der Waals surface area contributed by atoms with Crippen molar-refractivity contribution < 1.29 is 14.3 Å². The molecule has 1 aliphatic rings. The fourth-order valence-corrected chi connectivity index (χ4v) is 2.19. The summed E-state index contributed by atoms with van der Waals surface area (Å²) in [5.41, 5.74) is -0.281. The van der Waals surface area contributed by atoms with E-state index in [1.165, 1.54) is 12.1 Å². The van der Waals surface area contributed by atoms with Gasteiger partial charge in [0.15, 0.2) is 0 Å². The number of carbonyl (C=O) groups is 1. The van der Waals surface area contributed by atoms with Crippen LogP contribution in [-0.2, 0) is 0 Å². The first-order valence-corrected chi connectivity index (χ1v) is 6.17. The van der Waals surface area contributed by atoms with Gasteiger partial charge < -0.3 is 15.7 Å². The van der Waals surface area contributed by atoms with Gasteiger partial charge in [0, 0.05) is 12.6 Å². The van der Waals surface area contributed by atoms with Crippen molar-refractivity contribution in [2.45, 2.75) is 25.3 Å². The molecule has 1 heterocycles. The molecule has 0 bridgehead atoms. The summed E-state index contributed by atoms with van der Waals surface area (Å²) in [5, 5.41) is 15.4. The van der Waals surface area contributed by atoms with Crippen LogP contribution in [0.5, 0.6) is 5.75 Å². The summed E-state index contributed by atoms with van der Waals surface area (Å²) in [4.78, 5) is 11.7. The van der Waals surface area contributed by atoms with Crippen molar-refractivity contribution in [1.82, 2.24) is 10.6 Å². The van der Waals surface area contributed by atoms with Gasteiger partial charge in [-0.1, -0.05) is 6.07 Å². The lowest BCUT2D eigenvalue weighted by molar-refractivity contribution is 0.0945. The van der Waals surface area contributed by atoms with Crippen molar-refractivity contribution in [1.29, 1.82) is 0 Å². The Morgan fingerprint density at radius 2 is 2.39 bits per heavy atom. The van der Waals surface area contributed by atoms with E-state index < -0.39 is 11.7 Å². The summed E-state index contributed by atoms with van der Waals surface area (Å²) < 4.78 is 13.4. The number of halogens is 1. The second kappa shape index (κ2) is 5.82. The van der Waals surface area contributed by atoms with Crippen LogP contribution >= 0.6 is 0 Å². The van der Waals surface area contributed by atoms with Crippen molar-refractivity contribution in [2.24, 2.45) is 0 Å². The minimum absolute atomic E-state index is 0.281. The molecule has 0 saturated carbocycles. The predicted octanol–water partition coefficient (Wildman–Crippen LogP) is 1.40. The van der Waals surface area contributed by atoms with Crippen LogP contribution < -0.4 is 10.6 Å². The highest BCUT2D eigenvalue weighted by Crippen LogP contribution is 2.19. The number of aromatic hydroxyl groups is 1. The summed E-state index contributed by atoms with van der Waals surface area (Å²) >= 11 is 0. The van der Waals surface area contributed by atoms with Crippen LogP contribution in [0.2, 0.25) is 0 Å². The number of amides is 1. The van der Waals surface area contributed by atoms with Crippen molar-refractivity contribution in [3.63, 3.8) is 0 Å². The Morgan fingerprint density at radius 1 is 1.56 bits per heavy atom. The zero-order valence-corrected chi connectivity index (χ0v) is 10.1. The maximum atomic E-state index is 13.4. The van der Waals surface area contributed by atoms with Crippen LogP contribution in [0.3, 0.4) is 0 Å². The van der Waals surface area contributed by atoms with E-state index in [0.717, 1.165) is 31.9 Å². The molecule has 1 aromatic carbocycles. The standard InChI is InChI=1S/C13H17FN2O2/c14-10-4-1-5-11(17)12(10)13(18)16-8-6-9-3-2-7-15-9/h1,4-5,9,15,17H,2-3,6-8H2,(H,16,18)/t9-/m0/s1. The number of phenolic OH excluding ortho intramolecular Hbond substituents is 1. The largest absolute Gasteiger partial charge is 0.507 e. The molecule has 0 aromatic heterocycles. The Hall–Kier alpha value is -1.62. The molecular weight excluding hydrogens is 235 g/mol. The second-order valence-corrected chi connectivity index (χ2v) is 4.47. The Balaban J connectivity index is 1.87. The fraction of sp³-hybridized carbons (Fsp3) is 0.462. The van der Waals surface area contributed by atoms with Crippen molar-refractivity contribution in [2.75, 3.05) is 13.1 Å². The summed E-state index contributed by atoms with van der Waals surface area (Å²) in [7, 11) is 0. The van der Waals surface area contributed by atoms with Gasteiger partial charge in [-0.05, 0) is 37.9 Å². The second-order valence-electron chi connectivity index (χ2n) is 4.47. The molecule has 1 aliphatic heterocycles. The molecule has 18 heavy (non-hydrogen) atoms. The molecule has 1 atom stereocenters. The van der Waals surface area contributed by atoms with Crippen molar-refractivity contribution in [3.05, 3.63) is 29.6 Å². The Kier molecular flexibility index (Phi) is 4.15. The number of hydrogen-bond acceptors (Lipinski definition) is 3. The van der Waals surface area contributed by atoms with Crippen LogP contribution in [0.15, 0.2) is 18.2 Å². The molecule has 2 rings (SSSR count). The maximum absolute atomic E-state index is 13.4. The van der Waals surface area contributed by atoms with Gasteiger partial charge in [0.1, 0.15) is 17.1 Å². The Bertz CT molecular complexity index is 411. The van der Waals surface area contributed by atoms with Crippen LogP contribution in [-0.4, -0.2) is 30.1 Å². The van der Waals surface area contributed by atoms with E-state index >= 15 is 0 Å². The highest BCUT2D eigenvalue weighted by molar-refractivity contribution is 5.97. The normalized spacial score (nSPS) is 18.8. The summed E-state index contributed by atoms with van der Waals surface area (Å²) in [6, 6.07) is 4.26. The average Bonchev–Trinajstić information content (AvgIpc) is 2.82. The van der Waals surface area contributed by atoms with Crippen molar-refractivity contribution in [3.8, 4) is 5.75 Å². The van der Waals surface area contributed by atoms with Gasteiger partial charge in [0.05, 0.1) is 0 Å². The number of nitrogens with one attached hydrogen (secondary N) is 2. The summed E-state index contributed by atoms with van der Waals surface area (Å²) in [6.45, 7) is 1.50. The van der Waals surface area contributed by atoms with E-state index in [2.05, 4.69) is 10.6 Å². The van der Waals surface area contributed by atoms with Gasteiger partial charge in [-0.25, -0.2) is 4.39 Å². The van der Waals surface area contributed by atoms with Gasteiger partial charge in [0.25, 0.3) is 5.91 Å². The van der Waals surface area contributed by atoms with Gasteiger partial charge in [0.2, 0.25) is 0 Å². The van der Waals surface area contributed by atoms with E-state index in [1.807, 2.05) is 0 Å². The smallest absolute Gasteiger partial charge is 0.258 e. The molecule has 0 radical (unpaired) electrons. The maximum Gasteiger partial charge on any atom is 0.258 e. The minimum atomic E-state index is -0.702. The van der Waals surface area contributed by atoms with Gasteiger partial charge in [-0.3, -0.25) is 4.79 Å².